The molecule has 112 valence electrons. The van der Waals surface area contributed by atoms with Crippen molar-refractivity contribution in [2.75, 3.05) is 6.54 Å². The average Bonchev–Trinajstić information content (AvgIpc) is 2.49. The number of hydrogen-bond acceptors (Lipinski definition) is 1. The monoisotopic (exact) mass is 349 g/mol. The van der Waals surface area contributed by atoms with Gasteiger partial charge in [0.1, 0.15) is 5.82 Å². The third-order valence-electron chi connectivity index (χ3n) is 3.94. The summed E-state index contributed by atoms with van der Waals surface area (Å²) in [6.07, 6.45) is 0. The molecule has 0 spiro atoms. The van der Waals surface area contributed by atoms with Gasteiger partial charge in [0.15, 0.2) is 0 Å². The summed E-state index contributed by atoms with van der Waals surface area (Å²) in [5, 5.41) is 3.44. The standard InChI is InChI=1S/C18H21BrFN/c1-4-21-17(14-11-8-12-15(19)16(14)20)18(2,3)13-9-6-5-7-10-13/h5-12,17,21H,4H2,1-3H3. The first-order chi connectivity index (χ1) is 9.98. The first kappa shape index (κ1) is 16.2. The van der Waals surface area contributed by atoms with Crippen LogP contribution in [0.2, 0.25) is 0 Å². The Morgan fingerprint density at radius 2 is 1.76 bits per heavy atom. The minimum absolute atomic E-state index is 0.0950. The highest BCUT2D eigenvalue weighted by Gasteiger charge is 2.33. The highest BCUT2D eigenvalue weighted by atomic mass is 79.9. The molecule has 0 aliphatic rings. The van der Waals surface area contributed by atoms with Gasteiger partial charge < -0.3 is 5.32 Å². The predicted octanol–water partition coefficient (Wildman–Crippen LogP) is 5.22. The maximum Gasteiger partial charge on any atom is 0.142 e. The number of halogens is 2. The van der Waals surface area contributed by atoms with Crippen molar-refractivity contribution >= 4 is 15.9 Å². The molecule has 0 amide bonds. The number of nitrogens with one attached hydrogen (secondary N) is 1. The van der Waals surface area contributed by atoms with Crippen LogP contribution in [0.1, 0.15) is 37.9 Å². The van der Waals surface area contributed by atoms with E-state index in [1.54, 1.807) is 6.07 Å². The minimum Gasteiger partial charge on any atom is -0.309 e. The Bertz CT molecular complexity index is 595. The van der Waals surface area contributed by atoms with Gasteiger partial charge in [-0.05, 0) is 34.1 Å². The summed E-state index contributed by atoms with van der Waals surface area (Å²) in [6, 6.07) is 15.6. The fourth-order valence-corrected chi connectivity index (χ4v) is 3.12. The first-order valence-corrected chi connectivity index (χ1v) is 8.00. The van der Waals surface area contributed by atoms with Crippen molar-refractivity contribution in [3.63, 3.8) is 0 Å². The Kier molecular flexibility index (Phi) is 5.17. The van der Waals surface area contributed by atoms with Crippen molar-refractivity contribution in [3.8, 4) is 0 Å². The smallest absolute Gasteiger partial charge is 0.142 e. The Morgan fingerprint density at radius 1 is 1.10 bits per heavy atom. The largest absolute Gasteiger partial charge is 0.309 e. The molecule has 3 heteroatoms. The number of rotatable bonds is 5. The second-order valence-corrected chi connectivity index (χ2v) is 6.58. The fraction of sp³-hybridized carbons (Fsp3) is 0.333. The van der Waals surface area contributed by atoms with Gasteiger partial charge in [-0.1, -0.05) is 63.2 Å². The van der Waals surface area contributed by atoms with E-state index in [2.05, 4.69) is 47.2 Å². The van der Waals surface area contributed by atoms with E-state index in [0.29, 0.717) is 10.0 Å². The third-order valence-corrected chi connectivity index (χ3v) is 4.55. The molecule has 0 fully saturated rings. The van der Waals surface area contributed by atoms with Crippen LogP contribution in [0.15, 0.2) is 53.0 Å². The molecule has 21 heavy (non-hydrogen) atoms. The number of likely N-dealkylation sites (N-methyl/N-ethyl adjacent to an activating group) is 1. The molecule has 1 atom stereocenters. The lowest BCUT2D eigenvalue weighted by atomic mass is 9.74. The van der Waals surface area contributed by atoms with Gasteiger partial charge in [0, 0.05) is 17.0 Å². The number of hydrogen-bond donors (Lipinski definition) is 1. The molecular weight excluding hydrogens is 329 g/mol. The summed E-state index contributed by atoms with van der Waals surface area (Å²) in [5.74, 6) is -0.188. The molecule has 0 saturated heterocycles. The van der Waals surface area contributed by atoms with Crippen molar-refractivity contribution in [2.24, 2.45) is 0 Å². The first-order valence-electron chi connectivity index (χ1n) is 7.21. The average molecular weight is 350 g/mol. The molecule has 1 nitrogen and oxygen atoms in total. The van der Waals surface area contributed by atoms with Crippen LogP contribution >= 0.6 is 15.9 Å². The Balaban J connectivity index is 2.50. The zero-order chi connectivity index (χ0) is 15.5. The van der Waals surface area contributed by atoms with E-state index < -0.39 is 0 Å². The highest BCUT2D eigenvalue weighted by Crippen LogP contribution is 2.38. The summed E-state index contributed by atoms with van der Waals surface area (Å²) in [6.45, 7) is 7.13. The highest BCUT2D eigenvalue weighted by molar-refractivity contribution is 9.10. The van der Waals surface area contributed by atoms with Crippen LogP contribution in [-0.4, -0.2) is 6.54 Å². The molecule has 1 unspecified atom stereocenters. The molecule has 2 aromatic rings. The molecule has 1 N–H and O–H groups in total. The second-order valence-electron chi connectivity index (χ2n) is 5.72. The fourth-order valence-electron chi connectivity index (χ4n) is 2.74. The lowest BCUT2D eigenvalue weighted by Gasteiger charge is -2.36. The van der Waals surface area contributed by atoms with E-state index in [-0.39, 0.29) is 17.3 Å². The van der Waals surface area contributed by atoms with Gasteiger partial charge >= 0.3 is 0 Å². The maximum atomic E-state index is 14.5. The molecule has 0 radical (unpaired) electrons. The van der Waals surface area contributed by atoms with Crippen LogP contribution < -0.4 is 5.32 Å². The summed E-state index contributed by atoms with van der Waals surface area (Å²) in [5.41, 5.74) is 1.66. The molecule has 2 rings (SSSR count). The van der Waals surface area contributed by atoms with Crippen LogP contribution in [0.3, 0.4) is 0 Å². The lowest BCUT2D eigenvalue weighted by Crippen LogP contribution is -2.38. The van der Waals surface area contributed by atoms with Crippen molar-refractivity contribution in [3.05, 3.63) is 69.9 Å². The summed E-state index contributed by atoms with van der Waals surface area (Å²) < 4.78 is 15.0. The van der Waals surface area contributed by atoms with Gasteiger partial charge in [0.05, 0.1) is 4.47 Å². The summed E-state index contributed by atoms with van der Waals surface area (Å²) in [4.78, 5) is 0. The maximum absolute atomic E-state index is 14.5. The third kappa shape index (κ3) is 3.35. The molecule has 0 bridgehead atoms. The molecular formula is C18H21BrFN. The van der Waals surface area contributed by atoms with Gasteiger partial charge in [0.2, 0.25) is 0 Å². The van der Waals surface area contributed by atoms with Crippen molar-refractivity contribution < 1.29 is 4.39 Å². The predicted molar refractivity (Wildman–Crippen MR) is 90.0 cm³/mol. The van der Waals surface area contributed by atoms with Crippen molar-refractivity contribution in [1.82, 2.24) is 5.32 Å². The van der Waals surface area contributed by atoms with Crippen LogP contribution in [0.4, 0.5) is 4.39 Å². The van der Waals surface area contributed by atoms with Gasteiger partial charge in [-0.15, -0.1) is 0 Å². The Labute approximate surface area is 134 Å². The van der Waals surface area contributed by atoms with E-state index in [9.17, 15) is 4.39 Å². The van der Waals surface area contributed by atoms with Crippen molar-refractivity contribution in [1.29, 1.82) is 0 Å². The molecule has 0 heterocycles. The molecule has 0 aliphatic carbocycles. The van der Waals surface area contributed by atoms with E-state index in [1.807, 2.05) is 37.3 Å². The summed E-state index contributed by atoms with van der Waals surface area (Å²) >= 11 is 3.29. The van der Waals surface area contributed by atoms with Gasteiger partial charge in [0.25, 0.3) is 0 Å². The normalized spacial score (nSPS) is 13.2. The zero-order valence-corrected chi connectivity index (χ0v) is 14.2. The summed E-state index contributed by atoms with van der Waals surface area (Å²) in [7, 11) is 0. The Morgan fingerprint density at radius 3 is 2.38 bits per heavy atom. The zero-order valence-electron chi connectivity index (χ0n) is 12.7. The topological polar surface area (TPSA) is 12.0 Å². The molecule has 2 aromatic carbocycles. The lowest BCUT2D eigenvalue weighted by molar-refractivity contribution is 0.343. The van der Waals surface area contributed by atoms with Gasteiger partial charge in [-0.2, -0.15) is 0 Å². The molecule has 0 aliphatic heterocycles. The SMILES string of the molecule is CCNC(c1cccc(Br)c1F)C(C)(C)c1ccccc1. The molecule has 0 saturated carbocycles. The Hall–Kier alpha value is -1.19. The van der Waals surface area contributed by atoms with Crippen LogP contribution in [0.25, 0.3) is 0 Å². The van der Waals surface area contributed by atoms with Crippen LogP contribution in [0.5, 0.6) is 0 Å². The van der Waals surface area contributed by atoms with E-state index in [4.69, 9.17) is 0 Å². The van der Waals surface area contributed by atoms with Crippen LogP contribution in [-0.2, 0) is 5.41 Å². The number of benzene rings is 2. The van der Waals surface area contributed by atoms with Crippen LogP contribution in [0, 0.1) is 5.82 Å². The van der Waals surface area contributed by atoms with Crippen molar-refractivity contribution in [2.45, 2.75) is 32.2 Å². The van der Waals surface area contributed by atoms with E-state index >= 15 is 0 Å². The van der Waals surface area contributed by atoms with Gasteiger partial charge in [-0.3, -0.25) is 0 Å². The van der Waals surface area contributed by atoms with Gasteiger partial charge in [-0.25, -0.2) is 4.39 Å². The minimum atomic E-state index is -0.223. The second kappa shape index (κ2) is 6.71. The van der Waals surface area contributed by atoms with E-state index in [1.165, 1.54) is 5.56 Å². The quantitative estimate of drug-likeness (QED) is 0.780. The van der Waals surface area contributed by atoms with E-state index in [0.717, 1.165) is 6.54 Å². The molecule has 0 aromatic heterocycles.